The van der Waals surface area contributed by atoms with E-state index in [1.807, 2.05) is 0 Å². The molecule has 152 valence electrons. The van der Waals surface area contributed by atoms with Crippen LogP contribution < -0.4 is 15.4 Å². The van der Waals surface area contributed by atoms with Crippen molar-refractivity contribution in [2.24, 2.45) is 5.92 Å². The van der Waals surface area contributed by atoms with Crippen molar-refractivity contribution in [1.29, 1.82) is 5.26 Å². The number of benzene rings is 1. The summed E-state index contributed by atoms with van der Waals surface area (Å²) in [4.78, 5) is 13.6. The van der Waals surface area contributed by atoms with Gasteiger partial charge in [-0.05, 0) is 68.1 Å². The fraction of sp³-hybridized carbons (Fsp3) is 0.350. The number of anilines is 1. The third kappa shape index (κ3) is 5.20. The molecule has 2 aromatic rings. The Balaban J connectivity index is 1.63. The molecule has 2 atom stereocenters. The van der Waals surface area contributed by atoms with Crippen LogP contribution in [-0.2, 0) is 17.6 Å². The van der Waals surface area contributed by atoms with Crippen LogP contribution in [-0.4, -0.2) is 17.1 Å². The van der Waals surface area contributed by atoms with Crippen molar-refractivity contribution >= 4 is 62.8 Å². The first-order valence-electron chi connectivity index (χ1n) is 9.06. The maximum absolute atomic E-state index is 12.4. The largest absolute Gasteiger partial charge is 0.479 e. The fourth-order valence-corrected chi connectivity index (χ4v) is 5.21. The Morgan fingerprint density at radius 1 is 1.45 bits per heavy atom. The smallest absolute Gasteiger partial charge is 0.266 e. The molecule has 5 nitrogen and oxygen atoms in total. The van der Waals surface area contributed by atoms with E-state index < -0.39 is 12.0 Å². The lowest BCUT2D eigenvalue weighted by Crippen LogP contribution is -2.42. The summed E-state index contributed by atoms with van der Waals surface area (Å²) in [5.41, 5.74) is 1.71. The minimum Gasteiger partial charge on any atom is -0.479 e. The molecule has 0 fully saturated rings. The summed E-state index contributed by atoms with van der Waals surface area (Å²) in [6.45, 7) is 3.80. The van der Waals surface area contributed by atoms with Crippen molar-refractivity contribution in [3.8, 4) is 11.8 Å². The van der Waals surface area contributed by atoms with Crippen LogP contribution in [0.2, 0.25) is 10.0 Å². The van der Waals surface area contributed by atoms with Gasteiger partial charge in [0.1, 0.15) is 16.8 Å². The van der Waals surface area contributed by atoms with E-state index in [0.717, 1.165) is 24.8 Å². The Labute approximate surface area is 189 Å². The standard InChI is InChI=1S/C20H19Cl2N3O2S2/c1-10-3-5-13-14(9-23)19(29-17(13)7-10)25-20(28)24-18(26)11(2)27-16-6-4-12(21)8-15(16)22/h4,6,8,10-11H,3,5,7H2,1-2H3,(H2,24,25,26,28). The number of nitriles is 1. The van der Waals surface area contributed by atoms with Crippen molar-refractivity contribution in [3.63, 3.8) is 0 Å². The normalized spacial score (nSPS) is 16.3. The highest BCUT2D eigenvalue weighted by Crippen LogP contribution is 2.39. The van der Waals surface area contributed by atoms with E-state index >= 15 is 0 Å². The first-order valence-corrected chi connectivity index (χ1v) is 11.0. The molecule has 2 N–H and O–H groups in total. The van der Waals surface area contributed by atoms with Gasteiger partial charge in [-0.3, -0.25) is 10.1 Å². The highest BCUT2D eigenvalue weighted by Gasteiger charge is 2.25. The van der Waals surface area contributed by atoms with Gasteiger partial charge in [0.05, 0.1) is 10.6 Å². The van der Waals surface area contributed by atoms with Crippen molar-refractivity contribution in [2.45, 2.75) is 39.2 Å². The Morgan fingerprint density at radius 2 is 2.21 bits per heavy atom. The summed E-state index contributed by atoms with van der Waals surface area (Å²) in [6.07, 6.45) is 2.09. The first-order chi connectivity index (χ1) is 13.8. The second-order valence-electron chi connectivity index (χ2n) is 6.95. The number of fused-ring (bicyclic) bond motifs is 1. The van der Waals surface area contributed by atoms with E-state index in [9.17, 15) is 10.1 Å². The van der Waals surface area contributed by atoms with Crippen LogP contribution in [0.5, 0.6) is 5.75 Å². The summed E-state index contributed by atoms with van der Waals surface area (Å²) in [5, 5.41) is 16.8. The predicted octanol–water partition coefficient (Wildman–Crippen LogP) is 5.33. The van der Waals surface area contributed by atoms with E-state index in [2.05, 4.69) is 23.6 Å². The van der Waals surface area contributed by atoms with Crippen molar-refractivity contribution in [1.82, 2.24) is 5.32 Å². The highest BCUT2D eigenvalue weighted by molar-refractivity contribution is 7.80. The lowest BCUT2D eigenvalue weighted by molar-refractivity contribution is -0.125. The van der Waals surface area contributed by atoms with Crippen LogP contribution in [0.15, 0.2) is 18.2 Å². The SMILES string of the molecule is CC1CCc2c(sc(NC(=S)NC(=O)C(C)Oc3ccc(Cl)cc3Cl)c2C#N)C1. The van der Waals surface area contributed by atoms with Crippen LogP contribution in [0.3, 0.4) is 0 Å². The zero-order chi connectivity index (χ0) is 21.1. The summed E-state index contributed by atoms with van der Waals surface area (Å²) >= 11 is 18.7. The maximum Gasteiger partial charge on any atom is 0.266 e. The average molecular weight is 468 g/mol. The number of thiophene rings is 1. The van der Waals surface area contributed by atoms with E-state index in [-0.39, 0.29) is 5.11 Å². The lowest BCUT2D eigenvalue weighted by atomic mass is 9.89. The Morgan fingerprint density at radius 3 is 2.90 bits per heavy atom. The number of thiocarbonyl (C=S) groups is 1. The number of ether oxygens (including phenoxy) is 1. The number of nitrogens with one attached hydrogen (secondary N) is 2. The number of nitrogens with zero attached hydrogens (tertiary/aromatic N) is 1. The van der Waals surface area contributed by atoms with Gasteiger partial charge >= 0.3 is 0 Å². The van der Waals surface area contributed by atoms with Gasteiger partial charge in [0.25, 0.3) is 5.91 Å². The zero-order valence-corrected chi connectivity index (χ0v) is 19.0. The molecule has 1 aromatic carbocycles. The lowest BCUT2D eigenvalue weighted by Gasteiger charge is -2.17. The second-order valence-corrected chi connectivity index (χ2v) is 9.30. The van der Waals surface area contributed by atoms with E-state index in [4.69, 9.17) is 40.2 Å². The van der Waals surface area contributed by atoms with E-state index in [1.54, 1.807) is 19.1 Å². The summed E-state index contributed by atoms with van der Waals surface area (Å²) in [5.74, 6) is 0.524. The Bertz CT molecular complexity index is 1000. The molecule has 1 aromatic heterocycles. The van der Waals surface area contributed by atoms with Gasteiger partial charge in [-0.2, -0.15) is 5.26 Å². The van der Waals surface area contributed by atoms with Crippen LogP contribution in [0.25, 0.3) is 0 Å². The number of carbonyl (C=O) groups is 1. The molecule has 2 unspecified atom stereocenters. The molecule has 1 aliphatic carbocycles. The molecular formula is C20H19Cl2N3O2S2. The first kappa shape index (κ1) is 21.8. The number of amides is 1. The minimum absolute atomic E-state index is 0.121. The molecule has 9 heteroatoms. The van der Waals surface area contributed by atoms with Gasteiger partial charge in [-0.15, -0.1) is 11.3 Å². The molecule has 0 bridgehead atoms. The summed E-state index contributed by atoms with van der Waals surface area (Å²) in [6, 6.07) is 7.03. The number of halogens is 2. The highest BCUT2D eigenvalue weighted by atomic mass is 35.5. The maximum atomic E-state index is 12.4. The number of hydrogen-bond acceptors (Lipinski definition) is 5. The molecule has 0 saturated carbocycles. The average Bonchev–Trinajstić information content (AvgIpc) is 2.99. The van der Waals surface area contributed by atoms with Crippen molar-refractivity contribution < 1.29 is 9.53 Å². The van der Waals surface area contributed by atoms with Crippen LogP contribution >= 0.6 is 46.8 Å². The summed E-state index contributed by atoms with van der Waals surface area (Å²) in [7, 11) is 0. The van der Waals surface area contributed by atoms with Crippen LogP contribution in [0.4, 0.5) is 5.00 Å². The quantitative estimate of drug-likeness (QED) is 0.594. The number of hydrogen-bond donors (Lipinski definition) is 2. The van der Waals surface area contributed by atoms with Crippen molar-refractivity contribution in [2.75, 3.05) is 5.32 Å². The van der Waals surface area contributed by atoms with Gasteiger partial charge in [0.2, 0.25) is 0 Å². The molecule has 1 heterocycles. The number of rotatable bonds is 4. The summed E-state index contributed by atoms with van der Waals surface area (Å²) < 4.78 is 5.60. The fourth-order valence-electron chi connectivity index (χ4n) is 3.12. The molecule has 0 aliphatic heterocycles. The van der Waals surface area contributed by atoms with Gasteiger partial charge in [0.15, 0.2) is 11.2 Å². The molecule has 0 spiro atoms. The minimum atomic E-state index is -0.832. The molecule has 29 heavy (non-hydrogen) atoms. The Hall–Kier alpha value is -1.85. The molecular weight excluding hydrogens is 449 g/mol. The Kier molecular flexibility index (Phi) is 7.01. The van der Waals surface area contributed by atoms with Gasteiger partial charge in [-0.25, -0.2) is 0 Å². The van der Waals surface area contributed by atoms with E-state index in [0.29, 0.717) is 32.3 Å². The third-order valence-electron chi connectivity index (χ3n) is 4.65. The van der Waals surface area contributed by atoms with Crippen LogP contribution in [0.1, 0.15) is 36.3 Å². The molecule has 0 radical (unpaired) electrons. The zero-order valence-electron chi connectivity index (χ0n) is 15.8. The van der Waals surface area contributed by atoms with Crippen LogP contribution in [0, 0.1) is 17.2 Å². The number of carbonyl (C=O) groups excluding carboxylic acids is 1. The van der Waals surface area contributed by atoms with Crippen molar-refractivity contribution in [3.05, 3.63) is 44.2 Å². The topological polar surface area (TPSA) is 74.2 Å². The van der Waals surface area contributed by atoms with E-state index in [1.165, 1.54) is 22.3 Å². The predicted molar refractivity (Wildman–Crippen MR) is 121 cm³/mol. The monoisotopic (exact) mass is 467 g/mol. The van der Waals surface area contributed by atoms with Gasteiger partial charge < -0.3 is 10.1 Å². The molecule has 1 aliphatic rings. The van der Waals surface area contributed by atoms with Gasteiger partial charge in [-0.1, -0.05) is 30.1 Å². The second kappa shape index (κ2) is 9.31. The molecule has 3 rings (SSSR count). The third-order valence-corrected chi connectivity index (χ3v) is 6.56. The van der Waals surface area contributed by atoms with Gasteiger partial charge in [0, 0.05) is 9.90 Å². The molecule has 0 saturated heterocycles. The molecule has 1 amide bonds.